The molecule has 1 rings (SSSR count). The standard InChI is InChI=1S/C11H19N5O3/c1-11(2,3)10-14-8(15-16-10)9(18)13-4-5-19-6-7(12)17/h4-6H2,1-3H3,(H2,12,17)(H,13,18)(H,14,15,16). The molecule has 1 aromatic rings. The second-order valence-electron chi connectivity index (χ2n) is 5.03. The van der Waals surface area contributed by atoms with Crippen molar-refractivity contribution >= 4 is 11.8 Å². The maximum absolute atomic E-state index is 11.7. The lowest BCUT2D eigenvalue weighted by atomic mass is 9.96. The number of H-pyrrole nitrogens is 1. The molecule has 0 aliphatic rings. The zero-order valence-electron chi connectivity index (χ0n) is 11.3. The number of nitrogens with two attached hydrogens (primary N) is 1. The summed E-state index contributed by atoms with van der Waals surface area (Å²) in [7, 11) is 0. The van der Waals surface area contributed by atoms with E-state index in [2.05, 4.69) is 20.5 Å². The maximum atomic E-state index is 11.7. The Bertz CT molecular complexity index is 449. The molecule has 0 bridgehead atoms. The molecule has 0 unspecified atom stereocenters. The van der Waals surface area contributed by atoms with Crippen LogP contribution in [0.2, 0.25) is 0 Å². The summed E-state index contributed by atoms with van der Waals surface area (Å²) in [6.45, 7) is 6.19. The molecule has 4 N–H and O–H groups in total. The van der Waals surface area contributed by atoms with Gasteiger partial charge in [0.25, 0.3) is 5.91 Å². The van der Waals surface area contributed by atoms with Gasteiger partial charge in [-0.3, -0.25) is 14.7 Å². The number of nitrogens with one attached hydrogen (secondary N) is 2. The van der Waals surface area contributed by atoms with Crippen molar-refractivity contribution in [3.05, 3.63) is 11.6 Å². The van der Waals surface area contributed by atoms with Crippen molar-refractivity contribution in [1.82, 2.24) is 20.5 Å². The molecule has 106 valence electrons. The average molecular weight is 269 g/mol. The summed E-state index contributed by atoms with van der Waals surface area (Å²) in [6, 6.07) is 0. The van der Waals surface area contributed by atoms with Crippen molar-refractivity contribution in [2.24, 2.45) is 5.73 Å². The maximum Gasteiger partial charge on any atom is 0.291 e. The molecule has 0 atom stereocenters. The predicted molar refractivity (Wildman–Crippen MR) is 67.4 cm³/mol. The number of hydrogen-bond donors (Lipinski definition) is 3. The highest BCUT2D eigenvalue weighted by atomic mass is 16.5. The fraction of sp³-hybridized carbons (Fsp3) is 0.636. The highest BCUT2D eigenvalue weighted by Gasteiger charge is 2.20. The number of primary amides is 1. The van der Waals surface area contributed by atoms with Crippen LogP contribution in [0, 0.1) is 0 Å². The van der Waals surface area contributed by atoms with Crippen molar-refractivity contribution in [3.63, 3.8) is 0 Å². The number of rotatable bonds is 6. The third-order valence-electron chi connectivity index (χ3n) is 2.18. The highest BCUT2D eigenvalue weighted by molar-refractivity contribution is 5.90. The predicted octanol–water partition coefficient (Wildman–Crippen LogP) is -0.666. The van der Waals surface area contributed by atoms with E-state index < -0.39 is 11.8 Å². The van der Waals surface area contributed by atoms with E-state index in [1.165, 1.54) is 0 Å². The molecular formula is C11H19N5O3. The van der Waals surface area contributed by atoms with Crippen molar-refractivity contribution in [2.45, 2.75) is 26.2 Å². The van der Waals surface area contributed by atoms with E-state index in [9.17, 15) is 9.59 Å². The van der Waals surface area contributed by atoms with Crippen LogP contribution in [0.4, 0.5) is 0 Å². The van der Waals surface area contributed by atoms with Gasteiger partial charge in [0.2, 0.25) is 11.7 Å². The summed E-state index contributed by atoms with van der Waals surface area (Å²) in [4.78, 5) is 26.2. The number of aromatic amines is 1. The Morgan fingerprint density at radius 1 is 1.42 bits per heavy atom. The van der Waals surface area contributed by atoms with Gasteiger partial charge in [0, 0.05) is 12.0 Å². The molecule has 0 radical (unpaired) electrons. The third-order valence-corrected chi connectivity index (χ3v) is 2.18. The largest absolute Gasteiger partial charge is 0.370 e. The van der Waals surface area contributed by atoms with E-state index in [4.69, 9.17) is 10.5 Å². The Labute approximate surface area is 111 Å². The molecule has 0 saturated carbocycles. The summed E-state index contributed by atoms with van der Waals surface area (Å²) in [5, 5.41) is 9.15. The molecule has 1 heterocycles. The smallest absolute Gasteiger partial charge is 0.291 e. The number of ether oxygens (including phenoxy) is 1. The van der Waals surface area contributed by atoms with Crippen LogP contribution < -0.4 is 11.1 Å². The summed E-state index contributed by atoms with van der Waals surface area (Å²) in [6.07, 6.45) is 0. The molecule has 0 saturated heterocycles. The monoisotopic (exact) mass is 269 g/mol. The molecule has 1 aromatic heterocycles. The van der Waals surface area contributed by atoms with Crippen LogP contribution in [0.5, 0.6) is 0 Å². The van der Waals surface area contributed by atoms with E-state index in [0.29, 0.717) is 5.82 Å². The number of amides is 2. The van der Waals surface area contributed by atoms with Crippen molar-refractivity contribution in [1.29, 1.82) is 0 Å². The lowest BCUT2D eigenvalue weighted by Crippen LogP contribution is -2.29. The van der Waals surface area contributed by atoms with Crippen LogP contribution in [-0.4, -0.2) is 46.8 Å². The molecule has 0 aromatic carbocycles. The van der Waals surface area contributed by atoms with Gasteiger partial charge in [-0.05, 0) is 0 Å². The fourth-order valence-corrected chi connectivity index (χ4v) is 1.19. The zero-order valence-corrected chi connectivity index (χ0v) is 11.3. The number of nitrogens with zero attached hydrogens (tertiary/aromatic N) is 2. The molecular weight excluding hydrogens is 250 g/mol. The second kappa shape index (κ2) is 6.28. The van der Waals surface area contributed by atoms with Crippen LogP contribution in [0.25, 0.3) is 0 Å². The Morgan fingerprint density at radius 2 is 2.11 bits per heavy atom. The molecule has 8 heteroatoms. The molecule has 0 fully saturated rings. The third kappa shape index (κ3) is 5.04. The lowest BCUT2D eigenvalue weighted by Gasteiger charge is -2.12. The Balaban J connectivity index is 2.38. The van der Waals surface area contributed by atoms with Gasteiger partial charge in [0.15, 0.2) is 0 Å². The first-order valence-corrected chi connectivity index (χ1v) is 5.88. The number of aromatic nitrogens is 3. The number of hydrogen-bond acceptors (Lipinski definition) is 5. The summed E-state index contributed by atoms with van der Waals surface area (Å²) >= 11 is 0. The minimum atomic E-state index is -0.546. The van der Waals surface area contributed by atoms with Gasteiger partial charge in [0.1, 0.15) is 12.4 Å². The molecule has 8 nitrogen and oxygen atoms in total. The van der Waals surface area contributed by atoms with Crippen LogP contribution in [0.3, 0.4) is 0 Å². The quantitative estimate of drug-likeness (QED) is 0.591. The topological polar surface area (TPSA) is 123 Å². The van der Waals surface area contributed by atoms with E-state index in [1.807, 2.05) is 20.8 Å². The molecule has 19 heavy (non-hydrogen) atoms. The fourth-order valence-electron chi connectivity index (χ4n) is 1.19. The highest BCUT2D eigenvalue weighted by Crippen LogP contribution is 2.17. The van der Waals surface area contributed by atoms with Crippen LogP contribution in [0.1, 0.15) is 37.2 Å². The first-order chi connectivity index (χ1) is 8.80. The summed E-state index contributed by atoms with van der Waals surface area (Å²) < 4.78 is 4.90. The minimum absolute atomic E-state index is 0.0832. The molecule has 0 aliphatic carbocycles. The van der Waals surface area contributed by atoms with Crippen molar-refractivity contribution in [2.75, 3.05) is 19.8 Å². The normalized spacial score (nSPS) is 11.3. The SMILES string of the molecule is CC(C)(C)c1nc(C(=O)NCCOCC(N)=O)n[nH]1. The van der Waals surface area contributed by atoms with Crippen LogP contribution in [0.15, 0.2) is 0 Å². The summed E-state index contributed by atoms with van der Waals surface area (Å²) in [5.74, 6) is -0.216. The number of carbonyl (C=O) groups excluding carboxylic acids is 2. The van der Waals surface area contributed by atoms with Gasteiger partial charge in [-0.25, -0.2) is 4.98 Å². The van der Waals surface area contributed by atoms with E-state index in [-0.39, 0.29) is 31.0 Å². The van der Waals surface area contributed by atoms with Gasteiger partial charge < -0.3 is 15.8 Å². The van der Waals surface area contributed by atoms with Crippen LogP contribution >= 0.6 is 0 Å². The molecule has 0 spiro atoms. The van der Waals surface area contributed by atoms with Gasteiger partial charge in [-0.2, -0.15) is 0 Å². The first-order valence-electron chi connectivity index (χ1n) is 5.88. The van der Waals surface area contributed by atoms with Gasteiger partial charge in [0.05, 0.1) is 6.61 Å². The van der Waals surface area contributed by atoms with Gasteiger partial charge in [-0.15, -0.1) is 5.10 Å². The Hall–Kier alpha value is -1.96. The van der Waals surface area contributed by atoms with Crippen molar-refractivity contribution in [3.8, 4) is 0 Å². The van der Waals surface area contributed by atoms with Gasteiger partial charge >= 0.3 is 0 Å². The van der Waals surface area contributed by atoms with E-state index in [0.717, 1.165) is 0 Å². The summed E-state index contributed by atoms with van der Waals surface area (Å²) in [5.41, 5.74) is 4.70. The minimum Gasteiger partial charge on any atom is -0.370 e. The number of carbonyl (C=O) groups is 2. The molecule has 2 amide bonds. The van der Waals surface area contributed by atoms with E-state index >= 15 is 0 Å². The molecule has 0 aliphatic heterocycles. The van der Waals surface area contributed by atoms with E-state index in [1.54, 1.807) is 0 Å². The lowest BCUT2D eigenvalue weighted by molar-refractivity contribution is -0.122. The van der Waals surface area contributed by atoms with Crippen LogP contribution in [-0.2, 0) is 14.9 Å². The Morgan fingerprint density at radius 3 is 2.63 bits per heavy atom. The zero-order chi connectivity index (χ0) is 14.5. The Kier molecular flexibility index (Phi) is 4.99. The first kappa shape index (κ1) is 15.1. The van der Waals surface area contributed by atoms with Gasteiger partial charge in [-0.1, -0.05) is 20.8 Å². The average Bonchev–Trinajstić information content (AvgIpc) is 2.76. The van der Waals surface area contributed by atoms with Crippen molar-refractivity contribution < 1.29 is 14.3 Å². The second-order valence-corrected chi connectivity index (χ2v) is 5.03.